The van der Waals surface area contributed by atoms with Gasteiger partial charge in [0.1, 0.15) is 17.7 Å². The van der Waals surface area contributed by atoms with Crippen LogP contribution in [0.2, 0.25) is 0 Å². The van der Waals surface area contributed by atoms with Crippen molar-refractivity contribution in [2.45, 2.75) is 38.9 Å². The summed E-state index contributed by atoms with van der Waals surface area (Å²) in [5, 5.41) is 10.0. The van der Waals surface area contributed by atoms with Gasteiger partial charge in [-0.05, 0) is 67.3 Å². The molecule has 1 aliphatic heterocycles. The molecule has 1 fully saturated rings. The number of pyridine rings is 1. The number of carboxylic acids is 1. The third-order valence-corrected chi connectivity index (χ3v) is 7.47. The van der Waals surface area contributed by atoms with Crippen molar-refractivity contribution in [2.24, 2.45) is 0 Å². The van der Waals surface area contributed by atoms with Gasteiger partial charge in [-0.25, -0.2) is 14.8 Å². The predicted molar refractivity (Wildman–Crippen MR) is 152 cm³/mol. The van der Waals surface area contributed by atoms with Crippen molar-refractivity contribution in [2.75, 3.05) is 18.0 Å². The monoisotopic (exact) mass is 551 g/mol. The number of hydrogen-bond donors (Lipinski definition) is 1. The van der Waals surface area contributed by atoms with Crippen LogP contribution in [0.4, 0.5) is 5.82 Å². The van der Waals surface area contributed by atoms with Crippen LogP contribution in [0.5, 0.6) is 0 Å². The number of rotatable bonds is 9. The summed E-state index contributed by atoms with van der Waals surface area (Å²) >= 11 is 0. The third kappa shape index (κ3) is 5.76. The number of ether oxygens (including phenoxy) is 1. The van der Waals surface area contributed by atoms with E-state index in [9.17, 15) is 14.7 Å². The Morgan fingerprint density at radius 2 is 1.90 bits per heavy atom. The molecule has 0 amide bonds. The minimum Gasteiger partial charge on any atom is -0.478 e. The number of piperidine rings is 1. The Morgan fingerprint density at radius 3 is 2.63 bits per heavy atom. The summed E-state index contributed by atoms with van der Waals surface area (Å²) < 4.78 is 17.4. The van der Waals surface area contributed by atoms with Gasteiger partial charge in [0.25, 0.3) is 0 Å². The fourth-order valence-electron chi connectivity index (χ4n) is 5.22. The van der Waals surface area contributed by atoms with Crippen LogP contribution in [0, 0.1) is 6.92 Å². The predicted octanol–water partition coefficient (Wildman–Crippen LogP) is 6.10. The minimum atomic E-state index is -0.939. The Hall–Kier alpha value is -4.76. The van der Waals surface area contributed by atoms with Crippen LogP contribution in [-0.4, -0.2) is 46.0 Å². The summed E-state index contributed by atoms with van der Waals surface area (Å²) in [6, 6.07) is 16.4. The molecule has 1 N–H and O–H groups in total. The highest BCUT2D eigenvalue weighted by molar-refractivity contribution is 6.01. The molecule has 0 radical (unpaired) electrons. The molecule has 0 unspecified atom stereocenters. The lowest BCUT2D eigenvalue weighted by molar-refractivity contribution is 0.0250. The lowest BCUT2D eigenvalue weighted by Crippen LogP contribution is -2.37. The van der Waals surface area contributed by atoms with Gasteiger partial charge in [-0.15, -0.1) is 0 Å². The summed E-state index contributed by atoms with van der Waals surface area (Å²) in [5.41, 5.74) is 4.21. The fourth-order valence-corrected chi connectivity index (χ4v) is 5.22. The number of carboxylic acid groups (broad SMARTS) is 1. The molecule has 0 bridgehead atoms. The van der Waals surface area contributed by atoms with Gasteiger partial charge in [0, 0.05) is 42.2 Å². The van der Waals surface area contributed by atoms with Gasteiger partial charge in [0.15, 0.2) is 5.76 Å². The first-order chi connectivity index (χ1) is 19.9. The molecule has 9 heteroatoms. The molecule has 3 aromatic heterocycles. The van der Waals surface area contributed by atoms with Crippen molar-refractivity contribution >= 4 is 28.5 Å². The molecule has 4 heterocycles. The van der Waals surface area contributed by atoms with E-state index in [-0.39, 0.29) is 23.9 Å². The zero-order valence-corrected chi connectivity index (χ0v) is 22.6. The van der Waals surface area contributed by atoms with Gasteiger partial charge in [0.2, 0.25) is 11.7 Å². The quantitative estimate of drug-likeness (QED) is 0.217. The molecule has 9 nitrogen and oxygen atoms in total. The standard InChI is InChI=1S/C32H29N3O6/c1-20-26-17-23(31-33-11-14-39-31)6-7-28(26)41-30(20)27(36)16-21-5-8-29(34-18-21)35-12-9-25(10-13-35)40-19-22-3-2-4-24(15-22)32(37)38/h2-8,11,14-15,17-18,25H,9-10,12-13,16,19H2,1H3,(H,37,38). The molecule has 5 aromatic rings. The summed E-state index contributed by atoms with van der Waals surface area (Å²) in [7, 11) is 0. The van der Waals surface area contributed by atoms with Crippen molar-refractivity contribution < 1.29 is 28.3 Å². The number of ketones is 1. The summed E-state index contributed by atoms with van der Waals surface area (Å²) in [5.74, 6) is 0.702. The number of anilines is 1. The van der Waals surface area contributed by atoms with Gasteiger partial charge in [-0.3, -0.25) is 4.79 Å². The molecule has 0 spiro atoms. The first kappa shape index (κ1) is 26.5. The molecule has 208 valence electrons. The second kappa shape index (κ2) is 11.4. The lowest BCUT2D eigenvalue weighted by Gasteiger charge is -2.32. The lowest BCUT2D eigenvalue weighted by atomic mass is 10.0. The number of carbonyl (C=O) groups excluding carboxylic acids is 1. The van der Waals surface area contributed by atoms with Crippen molar-refractivity contribution in [3.05, 3.63) is 101 Å². The smallest absolute Gasteiger partial charge is 0.335 e. The van der Waals surface area contributed by atoms with E-state index in [1.807, 2.05) is 43.3 Å². The zero-order valence-electron chi connectivity index (χ0n) is 22.6. The number of aromatic nitrogens is 2. The van der Waals surface area contributed by atoms with Gasteiger partial charge in [-0.1, -0.05) is 18.2 Å². The van der Waals surface area contributed by atoms with Crippen molar-refractivity contribution in [1.82, 2.24) is 9.97 Å². The molecule has 1 saturated heterocycles. The number of oxazole rings is 1. The first-order valence-corrected chi connectivity index (χ1v) is 13.5. The van der Waals surface area contributed by atoms with Crippen LogP contribution < -0.4 is 4.90 Å². The van der Waals surface area contributed by atoms with Gasteiger partial charge in [-0.2, -0.15) is 0 Å². The van der Waals surface area contributed by atoms with Crippen LogP contribution in [0.25, 0.3) is 22.4 Å². The van der Waals surface area contributed by atoms with Crippen LogP contribution in [-0.2, 0) is 17.8 Å². The molecule has 1 aliphatic rings. The average molecular weight is 552 g/mol. The second-order valence-electron chi connectivity index (χ2n) is 10.2. The van der Waals surface area contributed by atoms with E-state index in [1.54, 1.807) is 30.6 Å². The Kier molecular flexibility index (Phi) is 7.35. The van der Waals surface area contributed by atoms with E-state index in [4.69, 9.17) is 13.6 Å². The van der Waals surface area contributed by atoms with Gasteiger partial charge < -0.3 is 23.6 Å². The number of aromatic carboxylic acids is 1. The molecule has 0 saturated carbocycles. The second-order valence-corrected chi connectivity index (χ2v) is 10.2. The average Bonchev–Trinajstić information content (AvgIpc) is 3.65. The number of fused-ring (bicyclic) bond motifs is 1. The third-order valence-electron chi connectivity index (χ3n) is 7.47. The Bertz CT molecular complexity index is 1680. The minimum absolute atomic E-state index is 0.0993. The molecule has 0 atom stereocenters. The normalized spacial score (nSPS) is 14.0. The van der Waals surface area contributed by atoms with E-state index in [0.717, 1.165) is 59.4 Å². The van der Waals surface area contributed by atoms with Gasteiger partial charge >= 0.3 is 5.97 Å². The number of hydrogen-bond acceptors (Lipinski definition) is 8. The number of Topliss-reactive ketones (excluding diaryl/α,β-unsaturated/α-hetero) is 1. The highest BCUT2D eigenvalue weighted by Crippen LogP contribution is 2.30. The van der Waals surface area contributed by atoms with E-state index >= 15 is 0 Å². The number of benzene rings is 2. The summed E-state index contributed by atoms with van der Waals surface area (Å²) in [6.07, 6.45) is 6.88. The fraction of sp³-hybridized carbons (Fsp3) is 0.250. The maximum Gasteiger partial charge on any atom is 0.335 e. The Balaban J connectivity index is 1.04. The number of aryl methyl sites for hydroxylation is 1. The van der Waals surface area contributed by atoms with Crippen LogP contribution in [0.1, 0.15) is 50.4 Å². The van der Waals surface area contributed by atoms with Crippen LogP contribution in [0.15, 0.2) is 82.1 Å². The van der Waals surface area contributed by atoms with Crippen LogP contribution in [0.3, 0.4) is 0 Å². The zero-order chi connectivity index (χ0) is 28.3. The van der Waals surface area contributed by atoms with Crippen molar-refractivity contribution in [3.8, 4) is 11.5 Å². The highest BCUT2D eigenvalue weighted by Gasteiger charge is 2.22. The topological polar surface area (TPSA) is 119 Å². The van der Waals surface area contributed by atoms with E-state index < -0.39 is 5.97 Å². The molecular weight excluding hydrogens is 522 g/mol. The maximum atomic E-state index is 13.2. The molecular formula is C32H29N3O6. The van der Waals surface area contributed by atoms with E-state index in [0.29, 0.717) is 23.8 Å². The van der Waals surface area contributed by atoms with Crippen LogP contribution >= 0.6 is 0 Å². The number of furan rings is 1. The number of nitrogens with zero attached hydrogens (tertiary/aromatic N) is 3. The number of carbonyl (C=O) groups is 2. The molecule has 0 aliphatic carbocycles. The largest absolute Gasteiger partial charge is 0.478 e. The van der Waals surface area contributed by atoms with Gasteiger partial charge in [0.05, 0.1) is 24.5 Å². The van der Waals surface area contributed by atoms with Crippen molar-refractivity contribution in [1.29, 1.82) is 0 Å². The van der Waals surface area contributed by atoms with E-state index in [2.05, 4.69) is 14.9 Å². The first-order valence-electron chi connectivity index (χ1n) is 13.5. The Morgan fingerprint density at radius 1 is 1.05 bits per heavy atom. The van der Waals surface area contributed by atoms with Crippen molar-refractivity contribution in [3.63, 3.8) is 0 Å². The molecule has 6 rings (SSSR count). The maximum absolute atomic E-state index is 13.2. The SMILES string of the molecule is Cc1c(C(=O)Cc2ccc(N3CCC(OCc4cccc(C(=O)O)c4)CC3)nc2)oc2ccc(-c3ncco3)cc12. The van der Waals surface area contributed by atoms with E-state index in [1.165, 1.54) is 6.26 Å². The Labute approximate surface area is 236 Å². The molecule has 2 aromatic carbocycles. The summed E-state index contributed by atoms with van der Waals surface area (Å²) in [4.78, 5) is 35.4. The summed E-state index contributed by atoms with van der Waals surface area (Å²) in [6.45, 7) is 3.89. The highest BCUT2D eigenvalue weighted by atomic mass is 16.5. The molecule has 41 heavy (non-hydrogen) atoms.